The zero-order valence-electron chi connectivity index (χ0n) is 12.9. The van der Waals surface area contributed by atoms with Gasteiger partial charge >= 0.3 is 0 Å². The normalized spacial score (nSPS) is 10.9. The first-order valence-electron chi connectivity index (χ1n) is 7.07. The van der Waals surface area contributed by atoms with Crippen molar-refractivity contribution < 1.29 is 25.0 Å². The lowest BCUT2D eigenvalue weighted by Crippen LogP contribution is -2.17. The molecule has 0 fully saturated rings. The fourth-order valence-electron chi connectivity index (χ4n) is 1.86. The molecule has 8 heteroatoms. The molecule has 0 spiro atoms. The Labute approximate surface area is 142 Å². The van der Waals surface area contributed by atoms with Crippen molar-refractivity contribution in [2.24, 2.45) is 5.10 Å². The van der Waals surface area contributed by atoms with Crippen LogP contribution in [0.5, 0.6) is 11.5 Å². The maximum absolute atomic E-state index is 12.1. The number of benzene rings is 2. The molecule has 5 N–H and O–H groups in total. The third kappa shape index (κ3) is 5.19. The van der Waals surface area contributed by atoms with Crippen LogP contribution in [-0.4, -0.2) is 33.4 Å². The van der Waals surface area contributed by atoms with Crippen molar-refractivity contribution in [1.29, 1.82) is 0 Å². The number of nitrogens with zero attached hydrogens (tertiary/aromatic N) is 1. The van der Waals surface area contributed by atoms with Gasteiger partial charge in [0.15, 0.2) is 0 Å². The van der Waals surface area contributed by atoms with Crippen LogP contribution in [0.1, 0.15) is 21.5 Å². The second-order valence-electron chi connectivity index (χ2n) is 4.88. The van der Waals surface area contributed by atoms with Gasteiger partial charge in [-0.1, -0.05) is 12.1 Å². The third-order valence-corrected chi connectivity index (χ3v) is 3.07. The van der Waals surface area contributed by atoms with Gasteiger partial charge in [-0.25, -0.2) is 10.9 Å². The number of amides is 2. The first-order valence-corrected chi connectivity index (χ1v) is 7.07. The predicted octanol–water partition coefficient (Wildman–Crippen LogP) is 1.38. The Morgan fingerprint density at radius 1 is 1.08 bits per heavy atom. The van der Waals surface area contributed by atoms with E-state index in [0.29, 0.717) is 11.1 Å². The fourth-order valence-corrected chi connectivity index (χ4v) is 1.86. The first kappa shape index (κ1) is 17.7. The summed E-state index contributed by atoms with van der Waals surface area (Å²) in [4.78, 5) is 23.0. The number of aromatic hydroxyl groups is 2. The molecule has 0 aliphatic carbocycles. The molecule has 128 valence electrons. The van der Waals surface area contributed by atoms with E-state index in [1.54, 1.807) is 18.2 Å². The van der Waals surface area contributed by atoms with Crippen molar-refractivity contribution in [3.8, 4) is 11.5 Å². The largest absolute Gasteiger partial charge is 0.508 e. The van der Waals surface area contributed by atoms with Crippen LogP contribution in [0.2, 0.25) is 0 Å². The lowest BCUT2D eigenvalue weighted by Gasteiger charge is -2.02. The molecule has 0 unspecified atom stereocenters. The van der Waals surface area contributed by atoms with E-state index in [0.717, 1.165) is 6.08 Å². The van der Waals surface area contributed by atoms with Gasteiger partial charge in [-0.05, 0) is 42.0 Å². The molecule has 0 bridgehead atoms. The number of hydrazone groups is 1. The number of nitrogens with one attached hydrogen (secondary N) is 2. The number of carbonyl (C=O) groups is 2. The topological polar surface area (TPSA) is 131 Å². The molecule has 0 saturated carbocycles. The third-order valence-electron chi connectivity index (χ3n) is 3.07. The number of hydrogen-bond donors (Lipinski definition) is 5. The second-order valence-corrected chi connectivity index (χ2v) is 4.88. The molecule has 8 nitrogen and oxygen atoms in total. The van der Waals surface area contributed by atoms with Crippen molar-refractivity contribution >= 4 is 24.1 Å². The summed E-state index contributed by atoms with van der Waals surface area (Å²) in [6.45, 7) is 0. The van der Waals surface area contributed by atoms with E-state index in [1.807, 2.05) is 0 Å². The number of phenolic OH excluding ortho intramolecular Hbond substituents is 2. The molecule has 0 radical (unpaired) electrons. The summed E-state index contributed by atoms with van der Waals surface area (Å²) in [5, 5.41) is 31.1. The summed E-state index contributed by atoms with van der Waals surface area (Å²) in [6, 6.07) is 10.3. The first-order chi connectivity index (χ1) is 12.0. The van der Waals surface area contributed by atoms with Gasteiger partial charge in [0.2, 0.25) is 0 Å². The lowest BCUT2D eigenvalue weighted by molar-refractivity contribution is -0.124. The van der Waals surface area contributed by atoms with Crippen LogP contribution in [0.15, 0.2) is 53.6 Å². The smallest absolute Gasteiger partial charge is 0.271 e. The zero-order valence-corrected chi connectivity index (χ0v) is 12.9. The van der Waals surface area contributed by atoms with E-state index in [2.05, 4.69) is 10.5 Å². The van der Waals surface area contributed by atoms with E-state index < -0.39 is 11.8 Å². The van der Waals surface area contributed by atoms with Crippen molar-refractivity contribution in [2.45, 2.75) is 0 Å². The fraction of sp³-hybridized carbons (Fsp3) is 0. The van der Waals surface area contributed by atoms with Gasteiger partial charge in [-0.3, -0.25) is 14.8 Å². The molecule has 2 rings (SSSR count). The van der Waals surface area contributed by atoms with Gasteiger partial charge < -0.3 is 10.2 Å². The van der Waals surface area contributed by atoms with Gasteiger partial charge in [0.05, 0.1) is 6.21 Å². The molecular weight excluding hydrogens is 326 g/mol. The number of hydrogen-bond acceptors (Lipinski definition) is 6. The SMILES string of the molecule is O=C(C=Cc1cccc(C(=O)NN=Cc2cc(O)ccc2O)c1)NO. The van der Waals surface area contributed by atoms with Crippen LogP contribution < -0.4 is 10.9 Å². The van der Waals surface area contributed by atoms with E-state index in [1.165, 1.54) is 42.0 Å². The van der Waals surface area contributed by atoms with E-state index in [-0.39, 0.29) is 17.1 Å². The Hall–Kier alpha value is -3.65. The highest BCUT2D eigenvalue weighted by Crippen LogP contribution is 2.20. The predicted molar refractivity (Wildman–Crippen MR) is 90.2 cm³/mol. The highest BCUT2D eigenvalue weighted by atomic mass is 16.5. The highest BCUT2D eigenvalue weighted by Gasteiger charge is 2.05. The van der Waals surface area contributed by atoms with E-state index in [4.69, 9.17) is 5.21 Å². The van der Waals surface area contributed by atoms with Gasteiger partial charge in [-0.15, -0.1) is 0 Å². The minimum Gasteiger partial charge on any atom is -0.508 e. The molecule has 2 aromatic rings. The monoisotopic (exact) mass is 341 g/mol. The Morgan fingerprint density at radius 3 is 2.64 bits per heavy atom. The highest BCUT2D eigenvalue weighted by molar-refractivity contribution is 5.96. The Balaban J connectivity index is 2.06. The summed E-state index contributed by atoms with van der Waals surface area (Å²) in [5.41, 5.74) is 4.87. The van der Waals surface area contributed by atoms with Crippen LogP contribution >= 0.6 is 0 Å². The number of rotatable bonds is 5. The lowest BCUT2D eigenvalue weighted by atomic mass is 10.1. The van der Waals surface area contributed by atoms with Crippen molar-refractivity contribution in [3.05, 3.63) is 65.2 Å². The molecule has 2 amide bonds. The maximum atomic E-state index is 12.1. The maximum Gasteiger partial charge on any atom is 0.271 e. The summed E-state index contributed by atoms with van der Waals surface area (Å²) in [5.74, 6) is -1.33. The molecular formula is C17H15N3O5. The molecule has 0 saturated heterocycles. The van der Waals surface area contributed by atoms with Gasteiger partial charge in [-0.2, -0.15) is 5.10 Å². The summed E-state index contributed by atoms with van der Waals surface area (Å²) >= 11 is 0. The van der Waals surface area contributed by atoms with Gasteiger partial charge in [0.1, 0.15) is 11.5 Å². The molecule has 0 atom stereocenters. The zero-order chi connectivity index (χ0) is 18.2. The quantitative estimate of drug-likeness (QED) is 0.184. The van der Waals surface area contributed by atoms with Crippen molar-refractivity contribution in [2.75, 3.05) is 0 Å². The average molecular weight is 341 g/mol. The summed E-state index contributed by atoms with van der Waals surface area (Å²) in [6.07, 6.45) is 3.73. The summed E-state index contributed by atoms with van der Waals surface area (Å²) < 4.78 is 0. The molecule has 2 aromatic carbocycles. The van der Waals surface area contributed by atoms with Crippen LogP contribution in [0.3, 0.4) is 0 Å². The second kappa shape index (κ2) is 8.27. The number of hydroxylamine groups is 1. The van der Waals surface area contributed by atoms with E-state index in [9.17, 15) is 19.8 Å². The molecule has 0 heterocycles. The summed E-state index contributed by atoms with van der Waals surface area (Å²) in [7, 11) is 0. The van der Waals surface area contributed by atoms with Crippen molar-refractivity contribution in [3.63, 3.8) is 0 Å². The van der Waals surface area contributed by atoms with Crippen LogP contribution in [0.4, 0.5) is 0 Å². The standard InChI is InChI=1S/C17H15N3O5/c21-14-5-6-15(22)13(9-14)10-18-19-17(24)12-3-1-2-11(8-12)4-7-16(23)20-25/h1-10,21-22,25H,(H,19,24)(H,20,23). The molecule has 25 heavy (non-hydrogen) atoms. The Morgan fingerprint density at radius 2 is 1.88 bits per heavy atom. The number of carbonyl (C=O) groups excluding carboxylic acids is 2. The minimum atomic E-state index is -0.689. The molecule has 0 aliphatic heterocycles. The number of phenols is 2. The van der Waals surface area contributed by atoms with Crippen LogP contribution in [-0.2, 0) is 4.79 Å². The average Bonchev–Trinajstić information content (AvgIpc) is 2.62. The van der Waals surface area contributed by atoms with Crippen LogP contribution in [0, 0.1) is 0 Å². The Kier molecular flexibility index (Phi) is 5.86. The minimum absolute atomic E-state index is 0.0445. The molecule has 0 aliphatic rings. The van der Waals surface area contributed by atoms with Gasteiger partial charge in [0, 0.05) is 17.2 Å². The Bertz CT molecular complexity index is 846. The molecule has 0 aromatic heterocycles. The van der Waals surface area contributed by atoms with E-state index >= 15 is 0 Å². The van der Waals surface area contributed by atoms with Crippen molar-refractivity contribution in [1.82, 2.24) is 10.9 Å². The van der Waals surface area contributed by atoms with Crippen LogP contribution in [0.25, 0.3) is 6.08 Å². The van der Waals surface area contributed by atoms with Gasteiger partial charge in [0.25, 0.3) is 11.8 Å².